The summed E-state index contributed by atoms with van der Waals surface area (Å²) in [7, 11) is 1.76. The third-order valence-corrected chi connectivity index (χ3v) is 4.14. The van der Waals surface area contributed by atoms with Crippen LogP contribution in [0, 0.1) is 0 Å². The van der Waals surface area contributed by atoms with Crippen LogP contribution < -0.4 is 5.32 Å². The van der Waals surface area contributed by atoms with Crippen LogP contribution in [-0.2, 0) is 16.1 Å². The van der Waals surface area contributed by atoms with Crippen LogP contribution in [0.1, 0.15) is 25.3 Å². The van der Waals surface area contributed by atoms with Crippen molar-refractivity contribution in [2.24, 2.45) is 0 Å². The Morgan fingerprint density at radius 2 is 2.00 bits per heavy atom. The molecule has 5 nitrogen and oxygen atoms in total. The van der Waals surface area contributed by atoms with E-state index < -0.39 is 0 Å². The zero-order chi connectivity index (χ0) is 15.9. The number of nitrogens with one attached hydrogen (secondary N) is 1. The van der Waals surface area contributed by atoms with E-state index in [0.717, 1.165) is 12.0 Å². The molecule has 1 unspecified atom stereocenters. The number of likely N-dealkylation sites (N-methyl/N-ethyl adjacent to an activating group) is 1. The van der Waals surface area contributed by atoms with Crippen LogP contribution in [0.4, 0.5) is 0 Å². The van der Waals surface area contributed by atoms with Gasteiger partial charge in [-0.1, -0.05) is 37.3 Å². The lowest BCUT2D eigenvalue weighted by atomic mass is 10.1. The predicted molar refractivity (Wildman–Crippen MR) is 93.4 cm³/mol. The topological polar surface area (TPSA) is 52.7 Å². The maximum Gasteiger partial charge on any atom is 0.236 e. The summed E-state index contributed by atoms with van der Waals surface area (Å²) in [6.45, 7) is 4.15. The molecular weight excluding hydrogens is 314 g/mol. The normalized spacial score (nSPS) is 18.3. The molecule has 2 rings (SSSR count). The van der Waals surface area contributed by atoms with E-state index in [1.807, 2.05) is 40.1 Å². The fraction of sp³-hybridized carbons (Fsp3) is 0.529. The zero-order valence-electron chi connectivity index (χ0n) is 13.8. The Balaban J connectivity index is 0.00000264. The molecule has 2 amide bonds. The Labute approximate surface area is 144 Å². The van der Waals surface area contributed by atoms with Gasteiger partial charge >= 0.3 is 0 Å². The molecule has 1 aliphatic rings. The first-order valence-corrected chi connectivity index (χ1v) is 7.91. The highest BCUT2D eigenvalue weighted by molar-refractivity contribution is 5.85. The van der Waals surface area contributed by atoms with Crippen molar-refractivity contribution in [3.05, 3.63) is 35.9 Å². The Bertz CT molecular complexity index is 510. The molecule has 1 N–H and O–H groups in total. The quantitative estimate of drug-likeness (QED) is 0.887. The van der Waals surface area contributed by atoms with E-state index >= 15 is 0 Å². The molecule has 1 heterocycles. The first kappa shape index (κ1) is 19.5. The number of carbonyl (C=O) groups excluding carboxylic acids is 2. The molecule has 1 saturated heterocycles. The number of amides is 2. The minimum absolute atomic E-state index is 0. The van der Waals surface area contributed by atoms with Gasteiger partial charge in [-0.3, -0.25) is 9.59 Å². The van der Waals surface area contributed by atoms with E-state index in [4.69, 9.17) is 0 Å². The highest BCUT2D eigenvalue weighted by Crippen LogP contribution is 2.17. The minimum atomic E-state index is 0. The van der Waals surface area contributed by atoms with Gasteiger partial charge in [-0.15, -0.1) is 12.4 Å². The van der Waals surface area contributed by atoms with Crippen molar-refractivity contribution in [3.63, 3.8) is 0 Å². The van der Waals surface area contributed by atoms with E-state index in [1.165, 1.54) is 0 Å². The Morgan fingerprint density at radius 1 is 1.30 bits per heavy atom. The molecule has 0 bridgehead atoms. The number of hydrogen-bond acceptors (Lipinski definition) is 3. The molecule has 1 aliphatic heterocycles. The van der Waals surface area contributed by atoms with Gasteiger partial charge in [0.2, 0.25) is 11.8 Å². The van der Waals surface area contributed by atoms with Gasteiger partial charge in [0.15, 0.2) is 0 Å². The van der Waals surface area contributed by atoms with E-state index in [1.54, 1.807) is 7.05 Å². The van der Waals surface area contributed by atoms with Gasteiger partial charge in [0, 0.05) is 32.1 Å². The fourth-order valence-electron chi connectivity index (χ4n) is 2.86. The van der Waals surface area contributed by atoms with Gasteiger partial charge < -0.3 is 15.1 Å². The monoisotopic (exact) mass is 339 g/mol. The first-order valence-electron chi connectivity index (χ1n) is 7.91. The van der Waals surface area contributed by atoms with Crippen LogP contribution in [0.2, 0.25) is 0 Å². The summed E-state index contributed by atoms with van der Waals surface area (Å²) in [6.07, 6.45) is 1.25. The summed E-state index contributed by atoms with van der Waals surface area (Å²) in [5.74, 6) is 0.200. The van der Waals surface area contributed by atoms with Crippen LogP contribution in [0.25, 0.3) is 0 Å². The molecule has 1 atom stereocenters. The number of rotatable bonds is 5. The SMILES string of the molecule is CCC1CN(C(=O)CNC)CCC(=O)N1Cc1ccccc1.Cl. The molecule has 128 valence electrons. The molecule has 0 aromatic heterocycles. The largest absolute Gasteiger partial charge is 0.339 e. The minimum Gasteiger partial charge on any atom is -0.339 e. The summed E-state index contributed by atoms with van der Waals surface area (Å²) in [5.41, 5.74) is 1.13. The van der Waals surface area contributed by atoms with Crippen molar-refractivity contribution in [3.8, 4) is 0 Å². The first-order chi connectivity index (χ1) is 10.7. The van der Waals surface area contributed by atoms with Crippen molar-refractivity contribution < 1.29 is 9.59 Å². The van der Waals surface area contributed by atoms with E-state index in [2.05, 4.69) is 12.2 Å². The van der Waals surface area contributed by atoms with Gasteiger partial charge in [-0.2, -0.15) is 0 Å². The second-order valence-corrected chi connectivity index (χ2v) is 5.69. The fourth-order valence-corrected chi connectivity index (χ4v) is 2.86. The standard InChI is InChI=1S/C17H25N3O2.ClH/c1-3-15-13-19(17(22)11-18-2)10-9-16(21)20(15)12-14-7-5-4-6-8-14;/h4-8,15,18H,3,9-13H2,1-2H3;1H. The van der Waals surface area contributed by atoms with Gasteiger partial charge in [0.05, 0.1) is 6.54 Å². The van der Waals surface area contributed by atoms with Crippen LogP contribution in [0.3, 0.4) is 0 Å². The van der Waals surface area contributed by atoms with Crippen LogP contribution >= 0.6 is 12.4 Å². The summed E-state index contributed by atoms with van der Waals surface area (Å²) in [4.78, 5) is 28.3. The summed E-state index contributed by atoms with van der Waals surface area (Å²) in [5, 5.41) is 2.89. The zero-order valence-corrected chi connectivity index (χ0v) is 14.6. The van der Waals surface area contributed by atoms with E-state index in [0.29, 0.717) is 32.6 Å². The van der Waals surface area contributed by atoms with E-state index in [-0.39, 0.29) is 30.3 Å². The van der Waals surface area contributed by atoms with Crippen LogP contribution in [0.5, 0.6) is 0 Å². The van der Waals surface area contributed by atoms with Crippen LogP contribution in [-0.4, -0.2) is 54.3 Å². The van der Waals surface area contributed by atoms with Gasteiger partial charge in [-0.25, -0.2) is 0 Å². The lowest BCUT2D eigenvalue weighted by Gasteiger charge is -2.31. The van der Waals surface area contributed by atoms with Crippen molar-refractivity contribution in [1.82, 2.24) is 15.1 Å². The maximum atomic E-state index is 12.5. The van der Waals surface area contributed by atoms with Crippen molar-refractivity contribution in [2.45, 2.75) is 32.4 Å². The van der Waals surface area contributed by atoms with Crippen molar-refractivity contribution >= 4 is 24.2 Å². The van der Waals surface area contributed by atoms with E-state index in [9.17, 15) is 9.59 Å². The molecule has 0 radical (unpaired) electrons. The Morgan fingerprint density at radius 3 is 2.61 bits per heavy atom. The van der Waals surface area contributed by atoms with Crippen LogP contribution in [0.15, 0.2) is 30.3 Å². The maximum absolute atomic E-state index is 12.5. The number of hydrogen-bond donors (Lipinski definition) is 1. The highest BCUT2D eigenvalue weighted by Gasteiger charge is 2.30. The number of halogens is 1. The number of benzene rings is 1. The molecule has 6 heteroatoms. The summed E-state index contributed by atoms with van der Waals surface area (Å²) in [6, 6.07) is 10.1. The smallest absolute Gasteiger partial charge is 0.236 e. The molecule has 23 heavy (non-hydrogen) atoms. The third-order valence-electron chi connectivity index (χ3n) is 4.14. The molecule has 0 saturated carbocycles. The second kappa shape index (κ2) is 9.53. The van der Waals surface area contributed by atoms with Gasteiger partial charge in [-0.05, 0) is 19.0 Å². The molecule has 1 aromatic rings. The average Bonchev–Trinajstić information content (AvgIpc) is 2.69. The van der Waals surface area contributed by atoms with Gasteiger partial charge in [0.1, 0.15) is 0 Å². The molecule has 0 aliphatic carbocycles. The Hall–Kier alpha value is -1.59. The lowest BCUT2D eigenvalue weighted by Crippen LogP contribution is -2.45. The summed E-state index contributed by atoms with van der Waals surface area (Å²) >= 11 is 0. The second-order valence-electron chi connectivity index (χ2n) is 5.69. The van der Waals surface area contributed by atoms with Gasteiger partial charge in [0.25, 0.3) is 0 Å². The highest BCUT2D eigenvalue weighted by atomic mass is 35.5. The predicted octanol–water partition coefficient (Wildman–Crippen LogP) is 1.67. The Kier molecular flexibility index (Phi) is 8.06. The molecule has 0 spiro atoms. The molecule has 1 fully saturated rings. The average molecular weight is 340 g/mol. The summed E-state index contributed by atoms with van der Waals surface area (Å²) < 4.78 is 0. The molecular formula is C17H26ClN3O2. The molecule has 1 aromatic carbocycles. The lowest BCUT2D eigenvalue weighted by molar-refractivity contribution is -0.133. The third kappa shape index (κ3) is 5.22. The van der Waals surface area contributed by atoms with Crippen molar-refractivity contribution in [2.75, 3.05) is 26.7 Å². The number of carbonyl (C=O) groups is 2. The van der Waals surface area contributed by atoms with Crippen molar-refractivity contribution in [1.29, 1.82) is 0 Å². The number of nitrogens with zero attached hydrogens (tertiary/aromatic N) is 2.